The number of methoxy groups -OCH3 is 1. The van der Waals surface area contributed by atoms with E-state index in [1.165, 1.54) is 17.4 Å². The van der Waals surface area contributed by atoms with Crippen molar-refractivity contribution in [1.82, 2.24) is 9.80 Å². The topological polar surface area (TPSA) is 15.7 Å². The van der Waals surface area contributed by atoms with Gasteiger partial charge in [0.25, 0.3) is 0 Å². The average molecular weight is 342 g/mol. The van der Waals surface area contributed by atoms with Crippen molar-refractivity contribution in [2.75, 3.05) is 45.3 Å². The van der Waals surface area contributed by atoms with E-state index in [-0.39, 0.29) is 0 Å². The molecule has 0 aromatic rings. The average Bonchev–Trinajstić information content (AvgIpc) is 2.26. The van der Waals surface area contributed by atoms with Crippen LogP contribution in [0, 0.1) is 0 Å². The first-order valence-electron chi connectivity index (χ1n) is 5.98. The Hall–Kier alpha value is 0.610. The smallest absolute Gasteiger partial charge is 0.0589 e. The Bertz CT molecular complexity index is 167. The molecule has 0 spiro atoms. The lowest BCUT2D eigenvalue weighted by atomic mass is 10.2. The van der Waals surface area contributed by atoms with Crippen LogP contribution in [-0.4, -0.2) is 67.2 Å². The first-order chi connectivity index (χ1) is 7.52. The number of alkyl halides is 1. The van der Waals surface area contributed by atoms with Crippen LogP contribution in [0.15, 0.2) is 0 Å². The Labute approximate surface area is 115 Å². The molecule has 0 aromatic heterocycles. The maximum atomic E-state index is 5.12. The van der Waals surface area contributed by atoms with E-state index in [0.717, 1.165) is 13.2 Å². The molecule has 0 rings (SSSR count). The quantitative estimate of drug-likeness (QED) is 0.471. The highest BCUT2D eigenvalue weighted by molar-refractivity contribution is 14.1. The van der Waals surface area contributed by atoms with Gasteiger partial charge in [0.15, 0.2) is 0 Å². The van der Waals surface area contributed by atoms with E-state index in [4.69, 9.17) is 4.74 Å². The van der Waals surface area contributed by atoms with Gasteiger partial charge in [0.1, 0.15) is 0 Å². The van der Waals surface area contributed by atoms with Crippen LogP contribution in [0.2, 0.25) is 0 Å². The van der Waals surface area contributed by atoms with Crippen LogP contribution in [0.3, 0.4) is 0 Å². The first-order valence-corrected chi connectivity index (χ1v) is 7.50. The summed E-state index contributed by atoms with van der Waals surface area (Å²) in [6, 6.07) is 1.30. The molecule has 3 nitrogen and oxygen atoms in total. The predicted molar refractivity (Wildman–Crippen MR) is 79.6 cm³/mol. The molecule has 0 aliphatic rings. The summed E-state index contributed by atoms with van der Waals surface area (Å²) in [5, 5.41) is 0. The highest BCUT2D eigenvalue weighted by atomic mass is 127. The summed E-state index contributed by atoms with van der Waals surface area (Å²) in [7, 11) is 6.15. The van der Waals surface area contributed by atoms with Gasteiger partial charge < -0.3 is 14.5 Å². The van der Waals surface area contributed by atoms with E-state index >= 15 is 0 Å². The molecule has 0 radical (unpaired) electrons. The largest absolute Gasteiger partial charge is 0.383 e. The summed E-state index contributed by atoms with van der Waals surface area (Å²) in [6.45, 7) is 7.50. The lowest BCUT2D eigenvalue weighted by molar-refractivity contribution is 0.135. The summed E-state index contributed by atoms with van der Waals surface area (Å²) in [6.07, 6.45) is 1.23. The number of nitrogens with zero attached hydrogens (tertiary/aromatic N) is 2. The molecule has 0 fully saturated rings. The summed E-state index contributed by atoms with van der Waals surface area (Å²) in [4.78, 5) is 4.81. The molecule has 16 heavy (non-hydrogen) atoms. The number of hydrogen-bond acceptors (Lipinski definition) is 3. The van der Waals surface area contributed by atoms with Crippen molar-refractivity contribution in [2.45, 2.75) is 32.4 Å². The fourth-order valence-corrected chi connectivity index (χ4v) is 2.56. The molecule has 0 aliphatic heterocycles. The van der Waals surface area contributed by atoms with Gasteiger partial charge in [-0.3, -0.25) is 0 Å². The Kier molecular flexibility index (Phi) is 9.99. The fraction of sp³-hybridized carbons (Fsp3) is 1.00. The minimum atomic E-state index is 0.638. The van der Waals surface area contributed by atoms with Crippen LogP contribution < -0.4 is 0 Å². The summed E-state index contributed by atoms with van der Waals surface area (Å²) < 4.78 is 6.30. The minimum absolute atomic E-state index is 0.638. The molecule has 0 saturated heterocycles. The van der Waals surface area contributed by atoms with E-state index < -0.39 is 0 Å². The number of likely N-dealkylation sites (N-methyl/N-ethyl adjacent to an activating group) is 1. The molecule has 0 aliphatic carbocycles. The van der Waals surface area contributed by atoms with Crippen LogP contribution >= 0.6 is 22.6 Å². The Morgan fingerprint density at radius 2 is 1.75 bits per heavy atom. The molecule has 0 N–H and O–H groups in total. The summed E-state index contributed by atoms with van der Waals surface area (Å²) in [5.74, 6) is 0. The van der Waals surface area contributed by atoms with Crippen molar-refractivity contribution in [3.8, 4) is 0 Å². The van der Waals surface area contributed by atoms with Gasteiger partial charge in [-0.25, -0.2) is 0 Å². The highest BCUT2D eigenvalue weighted by Gasteiger charge is 2.14. The van der Waals surface area contributed by atoms with Crippen LogP contribution in [-0.2, 0) is 4.74 Å². The Balaban J connectivity index is 3.89. The third-order valence-electron chi connectivity index (χ3n) is 3.15. The molecule has 0 bridgehead atoms. The number of halogens is 1. The molecular weight excluding hydrogens is 315 g/mol. The van der Waals surface area contributed by atoms with Gasteiger partial charge in [0.2, 0.25) is 0 Å². The zero-order valence-corrected chi connectivity index (χ0v) is 13.5. The summed E-state index contributed by atoms with van der Waals surface area (Å²) >= 11 is 2.48. The van der Waals surface area contributed by atoms with E-state index in [1.807, 2.05) is 0 Å². The van der Waals surface area contributed by atoms with Gasteiger partial charge in [0.05, 0.1) is 6.61 Å². The van der Waals surface area contributed by atoms with Crippen LogP contribution in [0.1, 0.15) is 20.3 Å². The number of rotatable bonds is 9. The monoisotopic (exact) mass is 342 g/mol. The van der Waals surface area contributed by atoms with Gasteiger partial charge in [-0.2, -0.15) is 0 Å². The van der Waals surface area contributed by atoms with Crippen molar-refractivity contribution in [3.63, 3.8) is 0 Å². The van der Waals surface area contributed by atoms with E-state index in [1.54, 1.807) is 7.11 Å². The lowest BCUT2D eigenvalue weighted by Gasteiger charge is -2.29. The normalized spacial score (nSPS) is 14.1. The molecule has 1 atom stereocenters. The van der Waals surface area contributed by atoms with Crippen LogP contribution in [0.25, 0.3) is 0 Å². The zero-order valence-electron chi connectivity index (χ0n) is 11.4. The number of hydrogen-bond donors (Lipinski definition) is 0. The summed E-state index contributed by atoms with van der Waals surface area (Å²) in [5.41, 5.74) is 0. The van der Waals surface area contributed by atoms with E-state index in [2.05, 4.69) is 60.3 Å². The maximum Gasteiger partial charge on any atom is 0.0589 e. The van der Waals surface area contributed by atoms with Gasteiger partial charge in [-0.1, -0.05) is 22.6 Å². The molecule has 98 valence electrons. The predicted octanol–water partition coefficient (Wildman–Crippen LogP) is 2.10. The molecule has 0 amide bonds. The highest BCUT2D eigenvalue weighted by Crippen LogP contribution is 2.08. The van der Waals surface area contributed by atoms with E-state index in [0.29, 0.717) is 12.1 Å². The van der Waals surface area contributed by atoms with Gasteiger partial charge in [-0.05, 0) is 40.9 Å². The molecule has 0 saturated carbocycles. The van der Waals surface area contributed by atoms with Crippen LogP contribution in [0.5, 0.6) is 0 Å². The third-order valence-corrected chi connectivity index (χ3v) is 4.16. The Morgan fingerprint density at radius 3 is 2.19 bits per heavy atom. The molecule has 0 aromatic carbocycles. The van der Waals surface area contributed by atoms with E-state index in [9.17, 15) is 0 Å². The standard InChI is InChI=1S/C12H27IN2O/c1-11(2)14(3)7-6-12(10-13)15(4)8-9-16-5/h11-12H,6-10H2,1-5H3. The minimum Gasteiger partial charge on any atom is -0.383 e. The second kappa shape index (κ2) is 9.62. The zero-order chi connectivity index (χ0) is 12.6. The second-order valence-corrected chi connectivity index (χ2v) is 5.53. The molecule has 0 heterocycles. The van der Waals surface area contributed by atoms with Crippen molar-refractivity contribution >= 4 is 22.6 Å². The first kappa shape index (κ1) is 16.6. The third kappa shape index (κ3) is 7.04. The van der Waals surface area contributed by atoms with Crippen molar-refractivity contribution in [3.05, 3.63) is 0 Å². The SMILES string of the molecule is COCCN(C)C(CI)CCN(C)C(C)C. The lowest BCUT2D eigenvalue weighted by Crippen LogP contribution is -2.39. The van der Waals surface area contributed by atoms with Gasteiger partial charge in [0, 0.05) is 30.2 Å². The number of ether oxygens (including phenoxy) is 1. The molecule has 4 heteroatoms. The maximum absolute atomic E-state index is 5.12. The Morgan fingerprint density at radius 1 is 1.12 bits per heavy atom. The van der Waals surface area contributed by atoms with Crippen molar-refractivity contribution in [2.24, 2.45) is 0 Å². The van der Waals surface area contributed by atoms with Gasteiger partial charge in [-0.15, -0.1) is 0 Å². The fourth-order valence-electron chi connectivity index (χ4n) is 1.44. The van der Waals surface area contributed by atoms with Crippen LogP contribution in [0.4, 0.5) is 0 Å². The van der Waals surface area contributed by atoms with Crippen molar-refractivity contribution < 1.29 is 4.74 Å². The molecule has 1 unspecified atom stereocenters. The molecular formula is C12H27IN2O. The second-order valence-electron chi connectivity index (χ2n) is 4.64. The van der Waals surface area contributed by atoms with Gasteiger partial charge >= 0.3 is 0 Å². The van der Waals surface area contributed by atoms with Crippen molar-refractivity contribution in [1.29, 1.82) is 0 Å².